The minimum atomic E-state index is -0.650. The third-order valence-corrected chi connectivity index (χ3v) is 1.42. The van der Waals surface area contributed by atoms with E-state index in [0.29, 0.717) is 0 Å². The summed E-state index contributed by atoms with van der Waals surface area (Å²) in [6.45, 7) is 0. The Morgan fingerprint density at radius 2 is 1.42 bits per heavy atom. The Labute approximate surface area is 65.0 Å². The van der Waals surface area contributed by atoms with Crippen LogP contribution in [0.2, 0.25) is 0 Å². The second-order valence-electron chi connectivity index (χ2n) is 2.24. The van der Waals surface area contributed by atoms with Gasteiger partial charge in [-0.15, -0.1) is 0 Å². The Balaban J connectivity index is 0.000000845. The van der Waals surface area contributed by atoms with E-state index in [9.17, 15) is 14.4 Å². The Kier molecular flexibility index (Phi) is 1.09. The smallest absolute Gasteiger partial charge is 0.300 e. The molecule has 2 heterocycles. The molecule has 0 aliphatic heterocycles. The van der Waals surface area contributed by atoms with Crippen molar-refractivity contribution in [2.75, 3.05) is 0 Å². The third kappa shape index (κ3) is 0.797. The van der Waals surface area contributed by atoms with Crippen molar-refractivity contribution in [2.24, 2.45) is 0 Å². The van der Waals surface area contributed by atoms with E-state index in [-0.39, 0.29) is 12.6 Å². The predicted molar refractivity (Wildman–Crippen MR) is 41.3 cm³/mol. The zero-order chi connectivity index (χ0) is 8.72. The maximum Gasteiger partial charge on any atom is 1.00 e. The number of aromatic amines is 4. The molecule has 7 nitrogen and oxygen atoms in total. The zero-order valence-electron chi connectivity index (χ0n) is 6.72. The molecule has 0 amide bonds. The van der Waals surface area contributed by atoms with Gasteiger partial charge in [0.25, 0.3) is 5.56 Å². The number of hydrogen-bond donors (Lipinski definition) is 4. The third-order valence-electron chi connectivity index (χ3n) is 1.42. The number of hydrogen-bond acceptors (Lipinski definition) is 3. The molecule has 0 aliphatic rings. The molecule has 0 aliphatic carbocycles. The van der Waals surface area contributed by atoms with Crippen LogP contribution in [0.3, 0.4) is 0 Å². The molecule has 2 aromatic rings. The van der Waals surface area contributed by atoms with E-state index >= 15 is 0 Å². The lowest BCUT2D eigenvalue weighted by Crippen LogP contribution is -2.21. The SMILES string of the molecule is O=c1[nH]c(=O)c2[nH]c(=O)[nH]c2[nH]1.[H+]. The molecular formula is C5H5N4O3+. The number of nitrogens with one attached hydrogen (secondary N) is 4. The van der Waals surface area contributed by atoms with Crippen LogP contribution in [0.25, 0.3) is 11.2 Å². The van der Waals surface area contributed by atoms with Crippen LogP contribution in [-0.2, 0) is 0 Å². The van der Waals surface area contributed by atoms with E-state index in [1.54, 1.807) is 0 Å². The van der Waals surface area contributed by atoms with Gasteiger partial charge in [0.15, 0.2) is 0 Å². The summed E-state index contributed by atoms with van der Waals surface area (Å²) in [5.74, 6) is 0. The second kappa shape index (κ2) is 1.97. The van der Waals surface area contributed by atoms with Crippen molar-refractivity contribution in [2.45, 2.75) is 0 Å². The Hall–Kier alpha value is -2.05. The van der Waals surface area contributed by atoms with Gasteiger partial charge in [0.1, 0.15) is 11.2 Å². The molecule has 2 rings (SSSR count). The lowest BCUT2D eigenvalue weighted by atomic mass is 10.5. The van der Waals surface area contributed by atoms with E-state index in [2.05, 4.69) is 15.0 Å². The Morgan fingerprint density at radius 3 is 2.08 bits per heavy atom. The molecule has 0 saturated heterocycles. The summed E-state index contributed by atoms with van der Waals surface area (Å²) in [5, 5.41) is 0. The largest absolute Gasteiger partial charge is 1.00 e. The molecule has 0 atom stereocenters. The van der Waals surface area contributed by atoms with Crippen molar-refractivity contribution in [3.8, 4) is 0 Å². The minimum absolute atomic E-state index is 0. The first kappa shape index (κ1) is 6.65. The molecule has 0 radical (unpaired) electrons. The van der Waals surface area contributed by atoms with Crippen molar-refractivity contribution in [3.05, 3.63) is 31.3 Å². The van der Waals surface area contributed by atoms with Crippen molar-refractivity contribution in [1.29, 1.82) is 0 Å². The summed E-state index contributed by atoms with van der Waals surface area (Å²) in [7, 11) is 0. The topological polar surface area (TPSA) is 114 Å². The molecule has 2 aromatic heterocycles. The highest BCUT2D eigenvalue weighted by molar-refractivity contribution is 5.67. The second-order valence-corrected chi connectivity index (χ2v) is 2.24. The van der Waals surface area contributed by atoms with Crippen LogP contribution in [0.5, 0.6) is 0 Å². The van der Waals surface area contributed by atoms with Gasteiger partial charge in [-0.25, -0.2) is 9.59 Å². The van der Waals surface area contributed by atoms with E-state index in [0.717, 1.165) is 0 Å². The van der Waals surface area contributed by atoms with Crippen LogP contribution in [-0.4, -0.2) is 19.9 Å². The first-order valence-electron chi connectivity index (χ1n) is 3.11. The number of imidazole rings is 1. The number of rotatable bonds is 0. The van der Waals surface area contributed by atoms with Crippen LogP contribution >= 0.6 is 0 Å². The lowest BCUT2D eigenvalue weighted by molar-refractivity contribution is 1.07. The first-order valence-corrected chi connectivity index (χ1v) is 3.11. The monoisotopic (exact) mass is 169 g/mol. The Bertz CT molecular complexity index is 588. The van der Waals surface area contributed by atoms with Gasteiger partial charge in [0, 0.05) is 0 Å². The number of fused-ring (bicyclic) bond motifs is 1. The molecule has 7 heteroatoms. The molecule has 0 spiro atoms. The highest BCUT2D eigenvalue weighted by atomic mass is 16.2. The zero-order valence-corrected chi connectivity index (χ0v) is 5.72. The van der Waals surface area contributed by atoms with Crippen LogP contribution in [0, 0.1) is 0 Å². The molecule has 4 N–H and O–H groups in total. The summed E-state index contributed by atoms with van der Waals surface area (Å²) >= 11 is 0. The van der Waals surface area contributed by atoms with Gasteiger partial charge in [-0.2, -0.15) is 0 Å². The van der Waals surface area contributed by atoms with Crippen molar-refractivity contribution in [1.82, 2.24) is 19.9 Å². The maximum absolute atomic E-state index is 10.9. The molecule has 62 valence electrons. The molecular weight excluding hydrogens is 164 g/mol. The van der Waals surface area contributed by atoms with Gasteiger partial charge >= 0.3 is 12.8 Å². The molecule has 0 saturated carbocycles. The van der Waals surface area contributed by atoms with Gasteiger partial charge in [0.2, 0.25) is 0 Å². The van der Waals surface area contributed by atoms with E-state index in [4.69, 9.17) is 0 Å². The van der Waals surface area contributed by atoms with E-state index in [1.807, 2.05) is 4.98 Å². The van der Waals surface area contributed by atoms with Gasteiger partial charge in [0.05, 0.1) is 0 Å². The van der Waals surface area contributed by atoms with Gasteiger partial charge in [-0.05, 0) is 0 Å². The van der Waals surface area contributed by atoms with Crippen molar-refractivity contribution < 1.29 is 1.43 Å². The fraction of sp³-hybridized carbons (Fsp3) is 0. The lowest BCUT2D eigenvalue weighted by Gasteiger charge is -1.83. The normalized spacial score (nSPS) is 10.7. The molecule has 0 aromatic carbocycles. The van der Waals surface area contributed by atoms with Crippen LogP contribution in [0.4, 0.5) is 0 Å². The fourth-order valence-corrected chi connectivity index (χ4v) is 0.958. The summed E-state index contributed by atoms with van der Waals surface area (Å²) in [6.07, 6.45) is 0. The summed E-state index contributed by atoms with van der Waals surface area (Å²) in [6, 6.07) is 0. The first-order chi connectivity index (χ1) is 5.66. The molecule has 0 bridgehead atoms. The van der Waals surface area contributed by atoms with E-state index in [1.165, 1.54) is 0 Å². The molecule has 12 heavy (non-hydrogen) atoms. The van der Waals surface area contributed by atoms with Gasteiger partial charge < -0.3 is 0 Å². The van der Waals surface area contributed by atoms with Gasteiger partial charge in [-0.1, -0.05) is 0 Å². The van der Waals surface area contributed by atoms with Crippen molar-refractivity contribution >= 4 is 11.2 Å². The summed E-state index contributed by atoms with van der Waals surface area (Å²) < 4.78 is 0. The number of aromatic nitrogens is 4. The minimum Gasteiger partial charge on any atom is -0.300 e. The van der Waals surface area contributed by atoms with E-state index < -0.39 is 16.9 Å². The summed E-state index contributed by atoms with van der Waals surface area (Å²) in [5.41, 5.74) is -1.65. The fourth-order valence-electron chi connectivity index (χ4n) is 0.958. The van der Waals surface area contributed by atoms with Crippen LogP contribution in [0.15, 0.2) is 14.4 Å². The average Bonchev–Trinajstić information content (AvgIpc) is 2.29. The Morgan fingerprint density at radius 1 is 0.833 bits per heavy atom. The van der Waals surface area contributed by atoms with Crippen molar-refractivity contribution in [3.63, 3.8) is 0 Å². The highest BCUT2D eigenvalue weighted by Crippen LogP contribution is 1.88. The van der Waals surface area contributed by atoms with Crippen LogP contribution < -0.4 is 16.9 Å². The quantitative estimate of drug-likeness (QED) is 0.378. The van der Waals surface area contributed by atoms with Gasteiger partial charge in [-0.3, -0.25) is 24.7 Å². The molecule has 0 unspecified atom stereocenters. The highest BCUT2D eigenvalue weighted by Gasteiger charge is 2.02. The molecule has 0 fully saturated rings. The predicted octanol–water partition coefficient (Wildman–Crippen LogP) is -1.65. The maximum atomic E-state index is 10.9. The summed E-state index contributed by atoms with van der Waals surface area (Å²) in [4.78, 5) is 41.0. The number of H-pyrrole nitrogens is 4. The standard InChI is InChI=1S/C5H4N4O3/c10-3-1-2(7-4(11)6-1)8-5(12)9-3/h(H4,6,7,8,9,10,11,12)/p+1. The van der Waals surface area contributed by atoms with Crippen LogP contribution in [0.1, 0.15) is 1.43 Å². The average molecular weight is 169 g/mol.